The van der Waals surface area contributed by atoms with Crippen molar-refractivity contribution in [2.24, 2.45) is 5.92 Å². The Balaban J connectivity index is 2.18. The van der Waals surface area contributed by atoms with Crippen molar-refractivity contribution < 1.29 is 17.9 Å². The molecule has 1 aliphatic carbocycles. The van der Waals surface area contributed by atoms with Gasteiger partial charge < -0.3 is 4.74 Å². The lowest BCUT2D eigenvalue weighted by Crippen LogP contribution is -2.42. The molecule has 0 spiro atoms. The van der Waals surface area contributed by atoms with Gasteiger partial charge in [-0.25, -0.2) is 8.42 Å². The monoisotopic (exact) mass is 393 g/mol. The van der Waals surface area contributed by atoms with Gasteiger partial charge in [0.1, 0.15) is 6.04 Å². The van der Waals surface area contributed by atoms with Crippen molar-refractivity contribution in [3.8, 4) is 0 Å². The number of benzene rings is 1. The largest absolute Gasteiger partial charge is 0.468 e. The van der Waals surface area contributed by atoms with Crippen molar-refractivity contribution in [3.05, 3.63) is 28.2 Å². The molecule has 0 saturated heterocycles. The first-order chi connectivity index (χ1) is 11.3. The zero-order valence-corrected chi connectivity index (χ0v) is 15.8. The Morgan fingerprint density at radius 1 is 1.21 bits per heavy atom. The van der Waals surface area contributed by atoms with Crippen LogP contribution in [0.15, 0.2) is 23.1 Å². The number of carbonyl (C=O) groups excluding carboxylic acids is 1. The molecule has 1 saturated carbocycles. The van der Waals surface area contributed by atoms with E-state index in [0.717, 1.165) is 25.7 Å². The van der Waals surface area contributed by atoms with Crippen LogP contribution in [-0.4, -0.2) is 27.5 Å². The van der Waals surface area contributed by atoms with E-state index in [1.807, 2.05) is 0 Å². The summed E-state index contributed by atoms with van der Waals surface area (Å²) in [5.74, 6) is -0.272. The smallest absolute Gasteiger partial charge is 0.323 e. The molecule has 0 aliphatic heterocycles. The third-order valence-electron chi connectivity index (χ3n) is 4.22. The Bertz CT molecular complexity index is 667. The number of hydrogen-bond donors (Lipinski definition) is 1. The number of methoxy groups -OCH3 is 1. The minimum Gasteiger partial charge on any atom is -0.468 e. The predicted molar refractivity (Wildman–Crippen MR) is 93.8 cm³/mol. The highest BCUT2D eigenvalue weighted by atomic mass is 35.5. The fourth-order valence-electron chi connectivity index (χ4n) is 3.03. The van der Waals surface area contributed by atoms with Gasteiger partial charge >= 0.3 is 5.97 Å². The molecule has 1 unspecified atom stereocenters. The predicted octanol–water partition coefficient (Wildman–Crippen LogP) is 3.78. The summed E-state index contributed by atoms with van der Waals surface area (Å²) in [6, 6.07) is 3.12. The van der Waals surface area contributed by atoms with Crippen molar-refractivity contribution >= 4 is 39.2 Å². The molecule has 1 atom stereocenters. The Morgan fingerprint density at radius 3 is 2.33 bits per heavy atom. The summed E-state index contributed by atoms with van der Waals surface area (Å²) in [6.07, 6.45) is 5.83. The third kappa shape index (κ3) is 5.34. The van der Waals surface area contributed by atoms with E-state index in [2.05, 4.69) is 4.72 Å². The lowest BCUT2D eigenvalue weighted by atomic mass is 9.85. The zero-order chi connectivity index (χ0) is 17.7. The van der Waals surface area contributed by atoms with Gasteiger partial charge in [0.15, 0.2) is 0 Å². The first-order valence-corrected chi connectivity index (χ1v) is 10.1. The highest BCUT2D eigenvalue weighted by Crippen LogP contribution is 2.28. The van der Waals surface area contributed by atoms with Crippen LogP contribution in [0.3, 0.4) is 0 Å². The van der Waals surface area contributed by atoms with E-state index in [-0.39, 0.29) is 14.9 Å². The Morgan fingerprint density at radius 2 is 1.79 bits per heavy atom. The van der Waals surface area contributed by atoms with E-state index in [9.17, 15) is 13.2 Å². The summed E-state index contributed by atoms with van der Waals surface area (Å²) < 4.78 is 32.4. The summed E-state index contributed by atoms with van der Waals surface area (Å²) >= 11 is 11.7. The van der Waals surface area contributed by atoms with Gasteiger partial charge in [0.25, 0.3) is 0 Å². The Labute approximate surface area is 152 Å². The fraction of sp³-hybridized carbons (Fsp3) is 0.562. The van der Waals surface area contributed by atoms with E-state index < -0.39 is 22.0 Å². The lowest BCUT2D eigenvalue weighted by molar-refractivity contribution is -0.143. The zero-order valence-electron chi connectivity index (χ0n) is 13.4. The molecule has 8 heteroatoms. The molecule has 1 aromatic carbocycles. The summed E-state index contributed by atoms with van der Waals surface area (Å²) in [7, 11) is -2.68. The van der Waals surface area contributed by atoms with Crippen LogP contribution in [0.1, 0.15) is 38.5 Å². The topological polar surface area (TPSA) is 72.5 Å². The van der Waals surface area contributed by atoms with Crippen molar-refractivity contribution in [2.45, 2.75) is 49.5 Å². The summed E-state index contributed by atoms with van der Waals surface area (Å²) in [5.41, 5.74) is 0. The lowest BCUT2D eigenvalue weighted by Gasteiger charge is -2.25. The van der Waals surface area contributed by atoms with Gasteiger partial charge in [-0.3, -0.25) is 4.79 Å². The summed E-state index contributed by atoms with van der Waals surface area (Å²) in [6.45, 7) is 0. The van der Waals surface area contributed by atoms with Crippen LogP contribution in [0.4, 0.5) is 0 Å². The average molecular weight is 394 g/mol. The van der Waals surface area contributed by atoms with Gasteiger partial charge in [-0.1, -0.05) is 55.3 Å². The molecule has 134 valence electrons. The first kappa shape index (κ1) is 19.5. The van der Waals surface area contributed by atoms with Gasteiger partial charge in [0, 0.05) is 10.0 Å². The van der Waals surface area contributed by atoms with E-state index in [4.69, 9.17) is 27.9 Å². The molecule has 0 aromatic heterocycles. The normalized spacial score (nSPS) is 17.5. The molecular weight excluding hydrogens is 373 g/mol. The number of halogens is 2. The van der Waals surface area contributed by atoms with Gasteiger partial charge in [-0.15, -0.1) is 0 Å². The molecule has 0 heterocycles. The number of nitrogens with one attached hydrogen (secondary N) is 1. The van der Waals surface area contributed by atoms with Crippen LogP contribution in [-0.2, 0) is 19.6 Å². The molecule has 1 N–H and O–H groups in total. The van der Waals surface area contributed by atoms with E-state index >= 15 is 0 Å². The van der Waals surface area contributed by atoms with Crippen molar-refractivity contribution in [1.82, 2.24) is 4.72 Å². The summed E-state index contributed by atoms with van der Waals surface area (Å²) in [4.78, 5) is 12.0. The van der Waals surface area contributed by atoms with Crippen LogP contribution >= 0.6 is 23.2 Å². The van der Waals surface area contributed by atoms with Gasteiger partial charge in [0.2, 0.25) is 10.0 Å². The molecule has 1 fully saturated rings. The number of ether oxygens (including phenoxy) is 1. The maximum absolute atomic E-state index is 12.6. The highest BCUT2D eigenvalue weighted by molar-refractivity contribution is 7.89. The SMILES string of the molecule is COC(=O)C(CC1CCCCC1)NS(=O)(=O)c1cc(Cl)cc(Cl)c1. The Hall–Kier alpha value is -0.820. The number of carbonyl (C=O) groups is 1. The van der Waals surface area contributed by atoms with E-state index in [1.165, 1.54) is 31.7 Å². The number of esters is 1. The summed E-state index contributed by atoms with van der Waals surface area (Å²) in [5, 5.41) is 0.426. The van der Waals surface area contributed by atoms with E-state index in [1.54, 1.807) is 0 Å². The fourth-order valence-corrected chi connectivity index (χ4v) is 4.95. The Kier molecular flexibility index (Phi) is 6.92. The first-order valence-electron chi connectivity index (χ1n) is 7.88. The quantitative estimate of drug-likeness (QED) is 0.746. The molecule has 24 heavy (non-hydrogen) atoms. The molecule has 1 aliphatic rings. The highest BCUT2D eigenvalue weighted by Gasteiger charge is 2.30. The third-order valence-corrected chi connectivity index (χ3v) is 6.11. The minimum atomic E-state index is -3.93. The van der Waals surface area contributed by atoms with Crippen LogP contribution in [0.5, 0.6) is 0 Å². The second kappa shape index (κ2) is 8.52. The van der Waals surface area contributed by atoms with Crippen LogP contribution in [0, 0.1) is 5.92 Å². The molecule has 0 bridgehead atoms. The molecule has 0 amide bonds. The molecule has 0 radical (unpaired) electrons. The second-order valence-electron chi connectivity index (χ2n) is 6.04. The average Bonchev–Trinajstić information content (AvgIpc) is 2.53. The van der Waals surface area contributed by atoms with Crippen LogP contribution < -0.4 is 4.72 Å². The van der Waals surface area contributed by atoms with Crippen LogP contribution in [0.25, 0.3) is 0 Å². The minimum absolute atomic E-state index is 0.0717. The van der Waals surface area contributed by atoms with Crippen molar-refractivity contribution in [1.29, 1.82) is 0 Å². The molecular formula is C16H21Cl2NO4S. The maximum atomic E-state index is 12.6. The number of sulfonamides is 1. The van der Waals surface area contributed by atoms with Gasteiger partial charge in [0.05, 0.1) is 12.0 Å². The molecule has 1 aromatic rings. The van der Waals surface area contributed by atoms with Crippen molar-refractivity contribution in [3.63, 3.8) is 0 Å². The van der Waals surface area contributed by atoms with Crippen molar-refractivity contribution in [2.75, 3.05) is 7.11 Å². The van der Waals surface area contributed by atoms with Gasteiger partial charge in [-0.2, -0.15) is 4.72 Å². The van der Waals surface area contributed by atoms with Crippen LogP contribution in [0.2, 0.25) is 10.0 Å². The molecule has 5 nitrogen and oxygen atoms in total. The molecule has 2 rings (SSSR count). The van der Waals surface area contributed by atoms with E-state index in [0.29, 0.717) is 12.3 Å². The number of rotatable bonds is 6. The number of hydrogen-bond acceptors (Lipinski definition) is 4. The second-order valence-corrected chi connectivity index (χ2v) is 8.63. The maximum Gasteiger partial charge on any atom is 0.323 e. The standard InChI is InChI=1S/C16H21Cl2NO4S/c1-23-16(20)15(7-11-5-3-2-4-6-11)19-24(21,22)14-9-12(17)8-13(18)10-14/h8-11,15,19H,2-7H2,1H3. The van der Waals surface area contributed by atoms with Gasteiger partial charge in [-0.05, 0) is 30.5 Å².